The zero-order valence-electron chi connectivity index (χ0n) is 13.6. The Labute approximate surface area is 143 Å². The van der Waals surface area contributed by atoms with Gasteiger partial charge in [0, 0.05) is 23.4 Å². The van der Waals surface area contributed by atoms with Crippen LogP contribution in [-0.4, -0.2) is 37.7 Å². The number of nitrogens with zero attached hydrogens (tertiary/aromatic N) is 1. The molecule has 0 aliphatic carbocycles. The Morgan fingerprint density at radius 3 is 2.71 bits per heavy atom. The van der Waals surface area contributed by atoms with Gasteiger partial charge in [0.25, 0.3) is 5.91 Å². The van der Waals surface area contributed by atoms with Crippen LogP contribution in [0.1, 0.15) is 13.3 Å². The van der Waals surface area contributed by atoms with E-state index in [-0.39, 0.29) is 13.0 Å². The van der Waals surface area contributed by atoms with Crippen LogP contribution in [0.25, 0.3) is 11.3 Å². The first-order valence-corrected chi connectivity index (χ1v) is 8.08. The maximum Gasteiger partial charge on any atom is 0.306 e. The normalized spacial score (nSPS) is 10.1. The van der Waals surface area contributed by atoms with E-state index in [1.165, 1.54) is 11.3 Å². The molecule has 0 fully saturated rings. The molecule has 2 rings (SSSR count). The lowest BCUT2D eigenvalue weighted by atomic mass is 10.1. The van der Waals surface area contributed by atoms with Crippen LogP contribution in [0.5, 0.6) is 11.5 Å². The highest BCUT2D eigenvalue weighted by atomic mass is 32.1. The number of carbonyl (C=O) groups excluding carboxylic acids is 2. The van der Waals surface area contributed by atoms with Gasteiger partial charge in [-0.15, -0.1) is 11.3 Å². The van der Waals surface area contributed by atoms with Crippen molar-refractivity contribution >= 4 is 28.3 Å². The van der Waals surface area contributed by atoms with Crippen molar-refractivity contribution in [1.29, 1.82) is 0 Å². The van der Waals surface area contributed by atoms with E-state index in [1.54, 1.807) is 38.7 Å². The Morgan fingerprint density at radius 1 is 1.25 bits per heavy atom. The topological polar surface area (TPSA) is 86.8 Å². The van der Waals surface area contributed by atoms with Crippen molar-refractivity contribution in [3.63, 3.8) is 0 Å². The fourth-order valence-electron chi connectivity index (χ4n) is 1.87. The number of carbonyl (C=O) groups is 2. The lowest BCUT2D eigenvalue weighted by Gasteiger charge is -2.08. The van der Waals surface area contributed by atoms with E-state index in [9.17, 15) is 9.59 Å². The number of aromatic nitrogens is 1. The van der Waals surface area contributed by atoms with Crippen LogP contribution < -0.4 is 14.8 Å². The van der Waals surface area contributed by atoms with Gasteiger partial charge in [-0.05, 0) is 12.1 Å². The second-order valence-electron chi connectivity index (χ2n) is 4.67. The Morgan fingerprint density at radius 2 is 2.04 bits per heavy atom. The number of hydrogen-bond acceptors (Lipinski definition) is 7. The van der Waals surface area contributed by atoms with Gasteiger partial charge in [0.2, 0.25) is 0 Å². The molecule has 0 saturated heterocycles. The van der Waals surface area contributed by atoms with E-state index in [2.05, 4.69) is 10.3 Å². The lowest BCUT2D eigenvalue weighted by molar-refractivity contribution is -0.146. The number of ether oxygens (including phenoxy) is 3. The molecule has 0 bridgehead atoms. The van der Waals surface area contributed by atoms with E-state index in [4.69, 9.17) is 14.2 Å². The van der Waals surface area contributed by atoms with Gasteiger partial charge in [0.1, 0.15) is 11.5 Å². The number of rotatable bonds is 7. The molecule has 1 heterocycles. The third-order valence-electron chi connectivity index (χ3n) is 3.09. The van der Waals surface area contributed by atoms with Crippen LogP contribution in [0.15, 0.2) is 23.6 Å². The van der Waals surface area contributed by atoms with Crippen LogP contribution in [0, 0.1) is 0 Å². The van der Waals surface area contributed by atoms with Crippen molar-refractivity contribution in [3.05, 3.63) is 23.6 Å². The molecular weight excluding hydrogens is 332 g/mol. The Kier molecular flexibility index (Phi) is 6.14. The summed E-state index contributed by atoms with van der Waals surface area (Å²) in [5.74, 6) is 0.443. The molecule has 0 atom stereocenters. The van der Waals surface area contributed by atoms with Crippen molar-refractivity contribution in [2.75, 3.05) is 26.1 Å². The first kappa shape index (κ1) is 17.7. The average Bonchev–Trinajstić information content (AvgIpc) is 3.07. The van der Waals surface area contributed by atoms with E-state index >= 15 is 0 Å². The molecule has 0 aliphatic heterocycles. The summed E-state index contributed by atoms with van der Waals surface area (Å²) in [5, 5.41) is 4.82. The molecule has 0 spiro atoms. The summed E-state index contributed by atoms with van der Waals surface area (Å²) in [6.45, 7) is 1.34. The molecule has 1 N–H and O–H groups in total. The van der Waals surface area contributed by atoms with Gasteiger partial charge >= 0.3 is 5.97 Å². The molecule has 7 nitrogen and oxygen atoms in total. The SMILES string of the molecule is CCC(=O)OCC(=O)Nc1nc(-c2ccc(OC)cc2OC)cs1. The van der Waals surface area contributed by atoms with Crippen molar-refractivity contribution in [2.24, 2.45) is 0 Å². The van der Waals surface area contributed by atoms with E-state index in [0.29, 0.717) is 22.3 Å². The number of thiazole rings is 1. The monoisotopic (exact) mass is 350 g/mol. The highest BCUT2D eigenvalue weighted by Gasteiger charge is 2.13. The zero-order valence-corrected chi connectivity index (χ0v) is 14.4. The molecule has 0 radical (unpaired) electrons. The predicted octanol–water partition coefficient (Wildman–Crippen LogP) is 2.72. The molecule has 8 heteroatoms. The van der Waals surface area contributed by atoms with Gasteiger partial charge in [-0.3, -0.25) is 14.9 Å². The summed E-state index contributed by atoms with van der Waals surface area (Å²) >= 11 is 1.27. The minimum absolute atomic E-state index is 0.228. The van der Waals surface area contributed by atoms with Crippen molar-refractivity contribution in [3.8, 4) is 22.8 Å². The second kappa shape index (κ2) is 8.30. The van der Waals surface area contributed by atoms with Gasteiger partial charge in [-0.1, -0.05) is 6.92 Å². The Hall–Kier alpha value is -2.61. The minimum atomic E-state index is -0.431. The summed E-state index contributed by atoms with van der Waals surface area (Å²) in [6, 6.07) is 5.40. The number of anilines is 1. The summed E-state index contributed by atoms with van der Waals surface area (Å²) in [7, 11) is 3.14. The number of hydrogen-bond donors (Lipinski definition) is 1. The molecule has 128 valence electrons. The first-order valence-electron chi connectivity index (χ1n) is 7.20. The third kappa shape index (κ3) is 4.45. The fourth-order valence-corrected chi connectivity index (χ4v) is 2.60. The van der Waals surface area contributed by atoms with Crippen LogP contribution in [0.4, 0.5) is 5.13 Å². The molecule has 1 aromatic carbocycles. The number of nitrogens with one attached hydrogen (secondary N) is 1. The van der Waals surface area contributed by atoms with Crippen LogP contribution >= 0.6 is 11.3 Å². The van der Waals surface area contributed by atoms with Crippen molar-refractivity contribution in [1.82, 2.24) is 4.98 Å². The lowest BCUT2D eigenvalue weighted by Crippen LogP contribution is -2.20. The van der Waals surface area contributed by atoms with E-state index in [0.717, 1.165) is 5.56 Å². The summed E-state index contributed by atoms with van der Waals surface area (Å²) in [5.41, 5.74) is 1.45. The van der Waals surface area contributed by atoms with Crippen LogP contribution in [-0.2, 0) is 14.3 Å². The van der Waals surface area contributed by atoms with Gasteiger partial charge in [-0.2, -0.15) is 0 Å². The summed E-state index contributed by atoms with van der Waals surface area (Å²) in [6.07, 6.45) is 0.228. The largest absolute Gasteiger partial charge is 0.497 e. The van der Waals surface area contributed by atoms with E-state index < -0.39 is 11.9 Å². The summed E-state index contributed by atoms with van der Waals surface area (Å²) in [4.78, 5) is 27.1. The van der Waals surface area contributed by atoms with Gasteiger partial charge in [-0.25, -0.2) is 4.98 Å². The number of benzene rings is 1. The number of amides is 1. The maximum absolute atomic E-state index is 11.7. The third-order valence-corrected chi connectivity index (χ3v) is 3.85. The standard InChI is InChI=1S/C16H18N2O5S/c1-4-15(20)23-8-14(19)18-16-17-12(9-24-16)11-6-5-10(21-2)7-13(11)22-3/h5-7,9H,4,8H2,1-3H3,(H,17,18,19). The molecular formula is C16H18N2O5S. The van der Waals surface area contributed by atoms with Gasteiger partial charge < -0.3 is 14.2 Å². The molecule has 2 aromatic rings. The molecule has 1 amide bonds. The van der Waals surface area contributed by atoms with Crippen molar-refractivity contribution < 1.29 is 23.8 Å². The molecule has 1 aromatic heterocycles. The highest BCUT2D eigenvalue weighted by molar-refractivity contribution is 7.14. The predicted molar refractivity (Wildman–Crippen MR) is 90.5 cm³/mol. The Bertz CT molecular complexity index is 729. The first-order chi connectivity index (χ1) is 11.6. The number of methoxy groups -OCH3 is 2. The maximum atomic E-state index is 11.7. The average molecular weight is 350 g/mol. The molecule has 24 heavy (non-hydrogen) atoms. The summed E-state index contributed by atoms with van der Waals surface area (Å²) < 4.78 is 15.3. The Balaban J connectivity index is 2.08. The van der Waals surface area contributed by atoms with Gasteiger partial charge in [0.15, 0.2) is 11.7 Å². The zero-order chi connectivity index (χ0) is 17.5. The highest BCUT2D eigenvalue weighted by Crippen LogP contribution is 2.34. The molecule has 0 saturated carbocycles. The van der Waals surface area contributed by atoms with Gasteiger partial charge in [0.05, 0.1) is 19.9 Å². The van der Waals surface area contributed by atoms with Crippen LogP contribution in [0.2, 0.25) is 0 Å². The van der Waals surface area contributed by atoms with Crippen LogP contribution in [0.3, 0.4) is 0 Å². The smallest absolute Gasteiger partial charge is 0.306 e. The number of esters is 1. The molecule has 0 aliphatic rings. The van der Waals surface area contributed by atoms with E-state index in [1.807, 2.05) is 6.07 Å². The minimum Gasteiger partial charge on any atom is -0.497 e. The van der Waals surface area contributed by atoms with Crippen molar-refractivity contribution in [2.45, 2.75) is 13.3 Å². The molecule has 0 unspecified atom stereocenters. The quantitative estimate of drug-likeness (QED) is 0.773. The second-order valence-corrected chi connectivity index (χ2v) is 5.52. The fraction of sp³-hybridized carbons (Fsp3) is 0.312.